The molecule has 1 aromatic heterocycles. The molecule has 2 aliphatic carbocycles. The lowest BCUT2D eigenvalue weighted by molar-refractivity contribution is -0.123. The number of nitrogens with zero attached hydrogens (tertiary/aromatic N) is 4. The third-order valence-electron chi connectivity index (χ3n) is 8.80. The Labute approximate surface area is 211 Å². The van der Waals surface area contributed by atoms with Crippen molar-refractivity contribution in [2.24, 2.45) is 17.3 Å². The number of fused-ring (bicyclic) bond motifs is 1. The van der Waals surface area contributed by atoms with Crippen LogP contribution in [0.5, 0.6) is 0 Å². The second-order valence-electron chi connectivity index (χ2n) is 11.8. The number of hydrogen-bond donors (Lipinski definition) is 1. The number of urea groups is 1. The molecule has 2 saturated carbocycles. The SMILES string of the molecule is CC1(C)C(=O)N(c2ccc(C3(C#N)CC3(C)C)cc2)C(=O)N1Cc1ccnc(NC2C3COCC32)c1. The summed E-state index contributed by atoms with van der Waals surface area (Å²) < 4.78 is 5.46. The zero-order chi connectivity index (χ0) is 25.5. The second kappa shape index (κ2) is 7.53. The summed E-state index contributed by atoms with van der Waals surface area (Å²) in [5, 5.41) is 13.3. The van der Waals surface area contributed by atoms with Crippen molar-refractivity contribution in [1.29, 1.82) is 5.26 Å². The summed E-state index contributed by atoms with van der Waals surface area (Å²) in [7, 11) is 0. The van der Waals surface area contributed by atoms with Gasteiger partial charge in [0.05, 0.1) is 30.4 Å². The number of carbonyl (C=O) groups excluding carboxylic acids is 2. The van der Waals surface area contributed by atoms with Crippen LogP contribution >= 0.6 is 0 Å². The number of benzene rings is 1. The molecule has 3 atom stereocenters. The highest BCUT2D eigenvalue weighted by Gasteiger charge is 2.63. The van der Waals surface area contributed by atoms with Crippen molar-refractivity contribution < 1.29 is 14.3 Å². The Morgan fingerprint density at radius 1 is 1.11 bits per heavy atom. The topological polar surface area (TPSA) is 98.6 Å². The Morgan fingerprint density at radius 2 is 1.78 bits per heavy atom. The smallest absolute Gasteiger partial charge is 0.332 e. The van der Waals surface area contributed by atoms with Gasteiger partial charge < -0.3 is 15.0 Å². The van der Waals surface area contributed by atoms with E-state index in [0.717, 1.165) is 36.6 Å². The maximum Gasteiger partial charge on any atom is 0.332 e. The molecule has 8 nitrogen and oxygen atoms in total. The van der Waals surface area contributed by atoms with E-state index in [1.165, 1.54) is 4.90 Å². The minimum Gasteiger partial charge on any atom is -0.381 e. The van der Waals surface area contributed by atoms with Crippen molar-refractivity contribution in [2.45, 2.75) is 57.7 Å². The van der Waals surface area contributed by atoms with Crippen LogP contribution in [0.2, 0.25) is 0 Å². The van der Waals surface area contributed by atoms with Crippen LogP contribution in [0.15, 0.2) is 42.6 Å². The van der Waals surface area contributed by atoms with Crippen molar-refractivity contribution >= 4 is 23.4 Å². The van der Waals surface area contributed by atoms with E-state index in [1.54, 1.807) is 37.1 Å². The molecule has 0 bridgehead atoms. The summed E-state index contributed by atoms with van der Waals surface area (Å²) in [4.78, 5) is 34.2. The van der Waals surface area contributed by atoms with E-state index in [0.29, 0.717) is 30.1 Å². The Balaban J connectivity index is 1.20. The first-order valence-electron chi connectivity index (χ1n) is 12.6. The predicted octanol–water partition coefficient (Wildman–Crippen LogP) is 4.08. The number of aromatic nitrogens is 1. The van der Waals surface area contributed by atoms with E-state index in [9.17, 15) is 14.9 Å². The molecule has 2 aromatic rings. The van der Waals surface area contributed by atoms with Crippen LogP contribution in [0.1, 0.15) is 45.2 Å². The molecule has 1 aromatic carbocycles. The van der Waals surface area contributed by atoms with E-state index in [-0.39, 0.29) is 17.4 Å². The van der Waals surface area contributed by atoms with Gasteiger partial charge in [-0.1, -0.05) is 26.0 Å². The molecule has 3 heterocycles. The number of nitrogens with one attached hydrogen (secondary N) is 1. The molecule has 6 rings (SSSR count). The Kier molecular flexibility index (Phi) is 4.81. The minimum absolute atomic E-state index is 0.0777. The van der Waals surface area contributed by atoms with Gasteiger partial charge in [-0.15, -0.1) is 0 Å². The number of amides is 3. The van der Waals surface area contributed by atoms with Gasteiger partial charge in [0.2, 0.25) is 0 Å². The lowest BCUT2D eigenvalue weighted by atomic mass is 9.89. The lowest BCUT2D eigenvalue weighted by Crippen LogP contribution is -2.43. The summed E-state index contributed by atoms with van der Waals surface area (Å²) in [5.74, 6) is 1.63. The summed E-state index contributed by atoms with van der Waals surface area (Å²) in [5.41, 5.74) is 0.783. The Morgan fingerprint density at radius 3 is 2.39 bits per heavy atom. The number of anilines is 2. The maximum atomic E-state index is 13.5. The van der Waals surface area contributed by atoms with Crippen molar-refractivity contribution in [3.05, 3.63) is 53.7 Å². The molecule has 0 radical (unpaired) electrons. The average Bonchev–Trinajstić information content (AvgIpc) is 3.53. The van der Waals surface area contributed by atoms with Crippen molar-refractivity contribution in [3.63, 3.8) is 0 Å². The molecule has 4 fully saturated rings. The fourth-order valence-electron chi connectivity index (χ4n) is 6.05. The van der Waals surface area contributed by atoms with E-state index in [2.05, 4.69) is 30.2 Å². The quantitative estimate of drug-likeness (QED) is 0.619. The number of imide groups is 1. The Hall–Kier alpha value is -3.44. The number of rotatable bonds is 6. The van der Waals surface area contributed by atoms with Crippen molar-refractivity contribution in [3.8, 4) is 6.07 Å². The minimum atomic E-state index is -0.996. The fraction of sp³-hybridized carbons (Fsp3) is 0.500. The third-order valence-corrected chi connectivity index (χ3v) is 8.80. The molecule has 4 aliphatic rings. The molecular formula is C28H31N5O3. The van der Waals surface area contributed by atoms with E-state index < -0.39 is 11.0 Å². The van der Waals surface area contributed by atoms with Gasteiger partial charge in [0.1, 0.15) is 11.4 Å². The molecule has 2 aliphatic heterocycles. The van der Waals surface area contributed by atoms with Gasteiger partial charge in [-0.05, 0) is 61.1 Å². The number of nitriles is 1. The van der Waals surface area contributed by atoms with E-state index in [4.69, 9.17) is 4.74 Å². The molecule has 0 spiro atoms. The molecular weight excluding hydrogens is 454 g/mol. The average molecular weight is 486 g/mol. The van der Waals surface area contributed by atoms with Crippen LogP contribution in [-0.2, 0) is 21.5 Å². The van der Waals surface area contributed by atoms with Crippen LogP contribution in [-0.4, -0.2) is 46.6 Å². The summed E-state index contributed by atoms with van der Waals surface area (Å²) >= 11 is 0. The first-order valence-corrected chi connectivity index (χ1v) is 12.6. The summed E-state index contributed by atoms with van der Waals surface area (Å²) in [6.45, 7) is 9.64. The van der Waals surface area contributed by atoms with Crippen LogP contribution in [0, 0.1) is 28.6 Å². The van der Waals surface area contributed by atoms with Gasteiger partial charge in [-0.25, -0.2) is 14.7 Å². The highest BCUT2D eigenvalue weighted by Crippen LogP contribution is 2.64. The number of hydrogen-bond acceptors (Lipinski definition) is 6. The van der Waals surface area contributed by atoms with Gasteiger partial charge in [-0.3, -0.25) is 4.79 Å². The third kappa shape index (κ3) is 3.26. The standard InChI is InChI=1S/C28H31N5O3/c1-26(2)15-28(26,16-29)18-5-7-19(8-6-18)33-24(34)27(3,4)32(25(33)35)12-17-9-10-30-22(11-17)31-23-20-13-36-14-21(20)23/h5-11,20-21,23H,12-15H2,1-4H3,(H,30,31). The fourth-order valence-corrected chi connectivity index (χ4v) is 6.05. The summed E-state index contributed by atoms with van der Waals surface area (Å²) in [6.07, 6.45) is 2.54. The van der Waals surface area contributed by atoms with Gasteiger partial charge in [0, 0.05) is 30.6 Å². The number of pyridine rings is 1. The lowest BCUT2D eigenvalue weighted by Gasteiger charge is -2.27. The van der Waals surface area contributed by atoms with Crippen LogP contribution in [0.3, 0.4) is 0 Å². The van der Waals surface area contributed by atoms with Crippen LogP contribution in [0.25, 0.3) is 0 Å². The first-order chi connectivity index (χ1) is 17.1. The van der Waals surface area contributed by atoms with Crippen LogP contribution in [0.4, 0.5) is 16.3 Å². The van der Waals surface area contributed by atoms with Gasteiger partial charge in [0.25, 0.3) is 5.91 Å². The molecule has 3 amide bonds. The number of ether oxygens (including phenoxy) is 1. The molecule has 1 N–H and O–H groups in total. The highest BCUT2D eigenvalue weighted by molar-refractivity contribution is 6.22. The monoisotopic (exact) mass is 485 g/mol. The van der Waals surface area contributed by atoms with Gasteiger partial charge in [0.15, 0.2) is 0 Å². The second-order valence-corrected chi connectivity index (χ2v) is 11.8. The largest absolute Gasteiger partial charge is 0.381 e. The number of carbonyl (C=O) groups is 2. The molecule has 36 heavy (non-hydrogen) atoms. The van der Waals surface area contributed by atoms with Crippen molar-refractivity contribution in [1.82, 2.24) is 9.88 Å². The molecule has 186 valence electrons. The zero-order valence-electron chi connectivity index (χ0n) is 21.1. The molecule has 2 saturated heterocycles. The molecule has 8 heteroatoms. The zero-order valence-corrected chi connectivity index (χ0v) is 21.1. The molecule has 3 unspecified atom stereocenters. The van der Waals surface area contributed by atoms with Crippen molar-refractivity contribution in [2.75, 3.05) is 23.4 Å². The van der Waals surface area contributed by atoms with E-state index in [1.807, 2.05) is 24.3 Å². The van der Waals surface area contributed by atoms with E-state index >= 15 is 0 Å². The predicted molar refractivity (Wildman–Crippen MR) is 134 cm³/mol. The Bertz CT molecular complexity index is 1290. The normalized spacial score (nSPS) is 31.2. The van der Waals surface area contributed by atoms with Crippen LogP contribution < -0.4 is 10.2 Å². The highest BCUT2D eigenvalue weighted by atomic mass is 16.5. The summed E-state index contributed by atoms with van der Waals surface area (Å²) in [6, 6.07) is 13.7. The van der Waals surface area contributed by atoms with Gasteiger partial charge >= 0.3 is 6.03 Å². The maximum absolute atomic E-state index is 13.5. The van der Waals surface area contributed by atoms with Gasteiger partial charge in [-0.2, -0.15) is 5.26 Å². The first kappa shape index (κ1) is 23.0.